The van der Waals surface area contributed by atoms with E-state index >= 15 is 0 Å². The summed E-state index contributed by atoms with van der Waals surface area (Å²) in [5.41, 5.74) is 0.647. The highest BCUT2D eigenvalue weighted by Crippen LogP contribution is 2.22. The van der Waals surface area contributed by atoms with Crippen LogP contribution in [0.2, 0.25) is 0 Å². The monoisotopic (exact) mass is 486 g/mol. The van der Waals surface area contributed by atoms with Gasteiger partial charge in [-0.1, -0.05) is 63.3 Å². The van der Waals surface area contributed by atoms with Crippen LogP contribution in [-0.2, 0) is 25.5 Å². The van der Waals surface area contributed by atoms with Crippen LogP contribution in [0.3, 0.4) is 0 Å². The highest BCUT2D eigenvalue weighted by atomic mass is 16.5. The lowest BCUT2D eigenvalue weighted by atomic mass is 9.86. The van der Waals surface area contributed by atoms with Crippen LogP contribution in [0.25, 0.3) is 0 Å². The van der Waals surface area contributed by atoms with Crippen molar-refractivity contribution in [2.45, 2.75) is 65.5 Å². The molecule has 194 valence electrons. The molecule has 1 aromatic rings. The molecule has 0 bridgehead atoms. The van der Waals surface area contributed by atoms with E-state index in [0.717, 1.165) is 5.56 Å². The molecule has 0 saturated heterocycles. The first-order valence-electron chi connectivity index (χ1n) is 12.1. The minimum atomic E-state index is -0.620. The molecule has 0 spiro atoms. The van der Waals surface area contributed by atoms with Crippen molar-refractivity contribution in [3.63, 3.8) is 0 Å². The zero-order chi connectivity index (χ0) is 26.4. The molecule has 1 rings (SSSR count). The van der Waals surface area contributed by atoms with Gasteiger partial charge in [0.1, 0.15) is 6.61 Å². The largest absolute Gasteiger partial charge is 0.463 e. The molecule has 4 atom stereocenters. The van der Waals surface area contributed by atoms with Crippen molar-refractivity contribution in [1.29, 1.82) is 0 Å². The second-order valence-corrected chi connectivity index (χ2v) is 10.0. The number of carbonyl (C=O) groups excluding carboxylic acids is 3. The van der Waals surface area contributed by atoms with Crippen molar-refractivity contribution in [1.82, 2.24) is 10.6 Å². The molecule has 0 heterocycles. The van der Waals surface area contributed by atoms with Crippen LogP contribution in [0, 0.1) is 17.3 Å². The molecule has 0 aliphatic carbocycles. The summed E-state index contributed by atoms with van der Waals surface area (Å²) in [7, 11) is 0. The van der Waals surface area contributed by atoms with Crippen molar-refractivity contribution in [3.05, 3.63) is 61.2 Å². The van der Waals surface area contributed by atoms with Gasteiger partial charge in [0.25, 0.3) is 0 Å². The summed E-state index contributed by atoms with van der Waals surface area (Å²) in [6.07, 6.45) is 4.63. The fourth-order valence-corrected chi connectivity index (χ4v) is 3.53. The lowest BCUT2D eigenvalue weighted by Crippen LogP contribution is -2.50. The first-order chi connectivity index (χ1) is 16.5. The molecule has 0 radical (unpaired) electrons. The molecule has 3 N–H and O–H groups in total. The summed E-state index contributed by atoms with van der Waals surface area (Å²) in [5, 5.41) is 14.8. The number of amides is 2. The molecule has 7 heteroatoms. The number of esters is 1. The number of hydrogen-bond donors (Lipinski definition) is 3. The molecule has 0 unspecified atom stereocenters. The van der Waals surface area contributed by atoms with E-state index in [4.69, 9.17) is 9.84 Å². The number of allylic oxidation sites excluding steroid dienone is 2. The predicted octanol–water partition coefficient (Wildman–Crippen LogP) is 3.57. The van der Waals surface area contributed by atoms with Gasteiger partial charge < -0.3 is 20.5 Å². The van der Waals surface area contributed by atoms with Crippen molar-refractivity contribution in [2.24, 2.45) is 17.3 Å². The number of rotatable bonds is 15. The molecule has 0 aliphatic heterocycles. The Labute approximate surface area is 210 Å². The number of hydrogen-bond acceptors (Lipinski definition) is 5. The van der Waals surface area contributed by atoms with Crippen molar-refractivity contribution in [2.75, 3.05) is 13.2 Å². The molecule has 0 aliphatic rings. The summed E-state index contributed by atoms with van der Waals surface area (Å²) in [6.45, 7) is 14.8. The van der Waals surface area contributed by atoms with E-state index < -0.39 is 23.4 Å². The van der Waals surface area contributed by atoms with E-state index in [2.05, 4.69) is 23.8 Å². The average Bonchev–Trinajstić information content (AvgIpc) is 2.80. The topological polar surface area (TPSA) is 105 Å². The van der Waals surface area contributed by atoms with Crippen molar-refractivity contribution in [3.8, 4) is 0 Å². The van der Waals surface area contributed by atoms with Gasteiger partial charge in [-0.25, -0.2) is 0 Å². The van der Waals surface area contributed by atoms with Crippen LogP contribution in [0.4, 0.5) is 0 Å². The van der Waals surface area contributed by atoms with E-state index in [9.17, 15) is 14.4 Å². The summed E-state index contributed by atoms with van der Waals surface area (Å²) < 4.78 is 5.68. The average molecular weight is 487 g/mol. The normalized spacial score (nSPS) is 14.7. The Morgan fingerprint density at radius 3 is 2.17 bits per heavy atom. The minimum Gasteiger partial charge on any atom is -0.463 e. The van der Waals surface area contributed by atoms with Crippen molar-refractivity contribution < 1.29 is 24.2 Å². The Morgan fingerprint density at radius 2 is 1.63 bits per heavy atom. The maximum absolute atomic E-state index is 13.1. The van der Waals surface area contributed by atoms with Crippen LogP contribution in [-0.4, -0.2) is 48.2 Å². The maximum atomic E-state index is 13.1. The van der Waals surface area contributed by atoms with Gasteiger partial charge in [0.2, 0.25) is 11.8 Å². The summed E-state index contributed by atoms with van der Waals surface area (Å²) in [6, 6.07) is 8.89. The third-order valence-electron chi connectivity index (χ3n) is 5.80. The Hall–Kier alpha value is -2.93. The molecule has 1 aromatic carbocycles. The third kappa shape index (κ3) is 11.4. The molecule has 0 saturated carbocycles. The van der Waals surface area contributed by atoms with Crippen LogP contribution < -0.4 is 10.6 Å². The van der Waals surface area contributed by atoms with E-state index in [1.807, 2.05) is 51.1 Å². The Morgan fingerprint density at radius 1 is 1.03 bits per heavy atom. The molecule has 7 nitrogen and oxygen atoms in total. The van der Waals surface area contributed by atoms with Crippen LogP contribution >= 0.6 is 0 Å². The lowest BCUT2D eigenvalue weighted by Gasteiger charge is -2.32. The molecule has 35 heavy (non-hydrogen) atoms. The molecule has 0 aromatic heterocycles. The summed E-state index contributed by atoms with van der Waals surface area (Å²) in [5.74, 6) is -1.94. The molecular weight excluding hydrogens is 444 g/mol. The van der Waals surface area contributed by atoms with Crippen LogP contribution in [0.5, 0.6) is 0 Å². The first kappa shape index (κ1) is 30.1. The second-order valence-electron chi connectivity index (χ2n) is 10.0. The van der Waals surface area contributed by atoms with Gasteiger partial charge in [-0.05, 0) is 37.2 Å². The fraction of sp³-hybridized carbons (Fsp3) is 0.536. The van der Waals surface area contributed by atoms with E-state index in [1.165, 1.54) is 0 Å². The smallest absolute Gasteiger partial charge is 0.309 e. The Balaban J connectivity index is 2.84. The minimum absolute atomic E-state index is 0.0189. The zero-order valence-electron chi connectivity index (χ0n) is 21.6. The quantitative estimate of drug-likeness (QED) is 0.260. The van der Waals surface area contributed by atoms with Crippen LogP contribution in [0.1, 0.15) is 52.5 Å². The SMILES string of the molecule is C=CC[C@H](CC(=O)N[C@H](C)CO)C(=O)N[C@H](COC(=O)[C@@H](CC=C)Cc1ccccc1)C(C)(C)C. The fourth-order valence-electron chi connectivity index (χ4n) is 3.53. The van der Waals surface area contributed by atoms with E-state index in [0.29, 0.717) is 19.3 Å². The first-order valence-corrected chi connectivity index (χ1v) is 12.1. The number of aliphatic hydroxyl groups excluding tert-OH is 1. The zero-order valence-corrected chi connectivity index (χ0v) is 21.6. The van der Waals surface area contributed by atoms with Crippen LogP contribution in [0.15, 0.2) is 55.6 Å². The van der Waals surface area contributed by atoms with Gasteiger partial charge in [-0.3, -0.25) is 14.4 Å². The van der Waals surface area contributed by atoms with Gasteiger partial charge in [0.15, 0.2) is 0 Å². The number of aliphatic hydroxyl groups is 1. The summed E-state index contributed by atoms with van der Waals surface area (Å²) in [4.78, 5) is 38.2. The Bertz CT molecular complexity index is 831. The molecular formula is C28H42N2O5. The van der Waals surface area contributed by atoms with E-state index in [1.54, 1.807) is 19.1 Å². The predicted molar refractivity (Wildman–Crippen MR) is 138 cm³/mol. The maximum Gasteiger partial charge on any atom is 0.309 e. The number of nitrogens with one attached hydrogen (secondary N) is 2. The van der Waals surface area contributed by atoms with Gasteiger partial charge >= 0.3 is 5.97 Å². The van der Waals surface area contributed by atoms with Gasteiger partial charge in [0, 0.05) is 12.5 Å². The Kier molecular flexibility index (Phi) is 13.0. The lowest BCUT2D eigenvalue weighted by molar-refractivity contribution is -0.150. The van der Waals surface area contributed by atoms with Gasteiger partial charge in [0.05, 0.1) is 24.5 Å². The molecule has 0 fully saturated rings. The van der Waals surface area contributed by atoms with Gasteiger partial charge in [-0.15, -0.1) is 13.2 Å². The highest BCUT2D eigenvalue weighted by molar-refractivity contribution is 5.86. The van der Waals surface area contributed by atoms with E-state index in [-0.39, 0.29) is 43.3 Å². The number of ether oxygens (including phenoxy) is 1. The highest BCUT2D eigenvalue weighted by Gasteiger charge is 2.31. The second kappa shape index (κ2) is 15.1. The summed E-state index contributed by atoms with van der Waals surface area (Å²) >= 11 is 0. The third-order valence-corrected chi connectivity index (χ3v) is 5.80. The van der Waals surface area contributed by atoms with Crippen molar-refractivity contribution >= 4 is 17.8 Å². The van der Waals surface area contributed by atoms with Gasteiger partial charge in [-0.2, -0.15) is 0 Å². The standard InChI is InChI=1S/C28H42N2O5/c1-7-12-22(17-25(32)29-20(3)18-31)26(33)30-24(28(4,5)6)19-35-27(34)23(13-8-2)16-21-14-10-9-11-15-21/h7-11,14-15,20,22-24,31H,1-2,12-13,16-19H2,3-6H3,(H,29,32)(H,30,33)/t20-,22-,23+,24-/m1/s1. The molecule has 2 amide bonds. The number of carbonyl (C=O) groups is 3. The number of benzene rings is 1.